The minimum atomic E-state index is -0.0536. The first-order valence-electron chi connectivity index (χ1n) is 8.71. The minimum absolute atomic E-state index is 0.0536. The van der Waals surface area contributed by atoms with Gasteiger partial charge in [0.1, 0.15) is 0 Å². The number of aromatic nitrogens is 3. The molecule has 0 atom stereocenters. The van der Waals surface area contributed by atoms with Crippen LogP contribution in [0.15, 0.2) is 35.1 Å². The summed E-state index contributed by atoms with van der Waals surface area (Å²) in [6.07, 6.45) is 0. The number of nitrogens with zero attached hydrogens (tertiary/aromatic N) is 3. The molecule has 0 fully saturated rings. The average Bonchev–Trinajstić information content (AvgIpc) is 2.83. The van der Waals surface area contributed by atoms with Crippen molar-refractivity contribution < 1.29 is 0 Å². The van der Waals surface area contributed by atoms with Crippen molar-refractivity contribution in [3.63, 3.8) is 0 Å². The van der Waals surface area contributed by atoms with Crippen LogP contribution >= 0.6 is 0 Å². The molecule has 1 aromatic carbocycles. The van der Waals surface area contributed by atoms with Crippen molar-refractivity contribution in [1.82, 2.24) is 19.7 Å². The summed E-state index contributed by atoms with van der Waals surface area (Å²) >= 11 is 0. The van der Waals surface area contributed by atoms with Crippen LogP contribution in [0, 0.1) is 13.8 Å². The molecule has 5 heteroatoms. The predicted molar refractivity (Wildman–Crippen MR) is 102 cm³/mol. The van der Waals surface area contributed by atoms with E-state index in [1.54, 1.807) is 6.07 Å². The van der Waals surface area contributed by atoms with Crippen molar-refractivity contribution in [3.05, 3.63) is 63.2 Å². The van der Waals surface area contributed by atoms with Crippen molar-refractivity contribution in [2.24, 2.45) is 0 Å². The van der Waals surface area contributed by atoms with E-state index in [2.05, 4.69) is 60.5 Å². The lowest BCUT2D eigenvalue weighted by Crippen LogP contribution is -2.20. The Balaban J connectivity index is 1.87. The van der Waals surface area contributed by atoms with Gasteiger partial charge in [0.05, 0.1) is 5.69 Å². The summed E-state index contributed by atoms with van der Waals surface area (Å²) in [7, 11) is 2.08. The van der Waals surface area contributed by atoms with Gasteiger partial charge >= 0.3 is 0 Å². The minimum Gasteiger partial charge on any atom is -0.322 e. The highest BCUT2D eigenvalue weighted by Crippen LogP contribution is 2.21. The Morgan fingerprint density at radius 3 is 2.60 bits per heavy atom. The largest absolute Gasteiger partial charge is 0.322 e. The van der Waals surface area contributed by atoms with Crippen molar-refractivity contribution in [2.75, 3.05) is 7.05 Å². The molecule has 1 N–H and O–H groups in total. The highest BCUT2D eigenvalue weighted by atomic mass is 16.1. The first kappa shape index (κ1) is 17.4. The second-order valence-corrected chi connectivity index (χ2v) is 7.06. The van der Waals surface area contributed by atoms with E-state index in [1.165, 1.54) is 11.3 Å². The zero-order chi connectivity index (χ0) is 18.1. The third kappa shape index (κ3) is 3.51. The Labute approximate surface area is 148 Å². The van der Waals surface area contributed by atoms with Crippen molar-refractivity contribution in [2.45, 2.75) is 46.8 Å². The topological polar surface area (TPSA) is 53.9 Å². The number of hydrogen-bond acceptors (Lipinski definition) is 3. The zero-order valence-corrected chi connectivity index (χ0v) is 15.6. The fourth-order valence-electron chi connectivity index (χ4n) is 3.45. The first-order chi connectivity index (χ1) is 11.9. The first-order valence-corrected chi connectivity index (χ1v) is 8.71. The number of benzene rings is 1. The van der Waals surface area contributed by atoms with Crippen LogP contribution in [-0.4, -0.2) is 26.7 Å². The zero-order valence-electron chi connectivity index (χ0n) is 15.6. The van der Waals surface area contributed by atoms with Crippen LogP contribution in [0.1, 0.15) is 42.4 Å². The summed E-state index contributed by atoms with van der Waals surface area (Å²) in [4.78, 5) is 17.1. The van der Waals surface area contributed by atoms with E-state index >= 15 is 0 Å². The number of fused-ring (bicyclic) bond motifs is 1. The number of nitrogens with one attached hydrogen (secondary N) is 1. The summed E-state index contributed by atoms with van der Waals surface area (Å²) < 4.78 is 2.08. The molecule has 0 unspecified atom stereocenters. The van der Waals surface area contributed by atoms with E-state index < -0.39 is 0 Å². The van der Waals surface area contributed by atoms with Gasteiger partial charge in [0.15, 0.2) is 0 Å². The number of hydrogen-bond donors (Lipinski definition) is 1. The van der Waals surface area contributed by atoms with Gasteiger partial charge in [-0.3, -0.25) is 14.4 Å². The summed E-state index contributed by atoms with van der Waals surface area (Å²) in [5, 5.41) is 5.77. The molecule has 2 heterocycles. The molecule has 3 aromatic rings. The molecule has 3 rings (SSSR count). The Bertz CT molecular complexity index is 952. The van der Waals surface area contributed by atoms with E-state index in [4.69, 9.17) is 0 Å². The molecular weight excluding hydrogens is 312 g/mol. The summed E-state index contributed by atoms with van der Waals surface area (Å²) in [6.45, 7) is 10.0. The highest BCUT2D eigenvalue weighted by Gasteiger charge is 2.15. The Morgan fingerprint density at radius 1 is 1.20 bits per heavy atom. The molecule has 0 bridgehead atoms. The molecular formula is C20H26N4O. The van der Waals surface area contributed by atoms with E-state index in [1.807, 2.05) is 18.2 Å². The maximum absolute atomic E-state index is 11.9. The molecule has 0 aliphatic carbocycles. The molecule has 132 valence electrons. The molecule has 5 nitrogen and oxygen atoms in total. The van der Waals surface area contributed by atoms with E-state index in [9.17, 15) is 4.79 Å². The van der Waals surface area contributed by atoms with Gasteiger partial charge < -0.3 is 4.98 Å². The highest BCUT2D eigenvalue weighted by molar-refractivity contribution is 5.81. The summed E-state index contributed by atoms with van der Waals surface area (Å²) in [5.74, 6) is 0. The van der Waals surface area contributed by atoms with Crippen LogP contribution in [0.5, 0.6) is 0 Å². The summed E-state index contributed by atoms with van der Waals surface area (Å²) in [6, 6.07) is 10.0. The lowest BCUT2D eigenvalue weighted by atomic mass is 10.1. The quantitative estimate of drug-likeness (QED) is 0.774. The summed E-state index contributed by atoms with van der Waals surface area (Å²) in [5.41, 5.74) is 5.45. The van der Waals surface area contributed by atoms with E-state index in [0.29, 0.717) is 6.04 Å². The number of aromatic amines is 1. The molecule has 0 saturated heterocycles. The maximum Gasteiger partial charge on any atom is 0.248 e. The number of aryl methyl sites for hydroxylation is 1. The number of para-hydroxylation sites is 1. The van der Waals surface area contributed by atoms with Gasteiger partial charge in [-0.05, 0) is 46.4 Å². The molecule has 0 saturated carbocycles. The number of H-pyrrole nitrogens is 1. The number of rotatable bonds is 5. The molecule has 0 aliphatic rings. The molecule has 0 spiro atoms. The molecule has 0 amide bonds. The lowest BCUT2D eigenvalue weighted by Gasteiger charge is -2.18. The Kier molecular flexibility index (Phi) is 4.77. The van der Waals surface area contributed by atoms with Gasteiger partial charge in [0, 0.05) is 47.4 Å². The van der Waals surface area contributed by atoms with Gasteiger partial charge in [-0.2, -0.15) is 5.10 Å². The second-order valence-electron chi connectivity index (χ2n) is 7.06. The molecule has 0 aliphatic heterocycles. The fraction of sp³-hybridized carbons (Fsp3) is 0.400. The molecule has 0 radical (unpaired) electrons. The van der Waals surface area contributed by atoms with Crippen LogP contribution in [0.2, 0.25) is 0 Å². The monoisotopic (exact) mass is 338 g/mol. The van der Waals surface area contributed by atoms with Crippen molar-refractivity contribution in [1.29, 1.82) is 0 Å². The molecule has 25 heavy (non-hydrogen) atoms. The second kappa shape index (κ2) is 6.84. The SMILES string of the molecule is Cc1nn(C(C)C)c(C)c1CN(C)Cc1cc(=O)[nH]c2ccccc12. The predicted octanol–water partition coefficient (Wildman–Crippen LogP) is 3.55. The van der Waals surface area contributed by atoms with Gasteiger partial charge in [0.25, 0.3) is 0 Å². The van der Waals surface area contributed by atoms with Crippen molar-refractivity contribution in [3.8, 4) is 0 Å². The van der Waals surface area contributed by atoms with Crippen LogP contribution < -0.4 is 5.56 Å². The fourth-order valence-corrected chi connectivity index (χ4v) is 3.45. The normalized spacial score (nSPS) is 11.8. The van der Waals surface area contributed by atoms with Crippen LogP contribution in [0.25, 0.3) is 10.9 Å². The number of pyridine rings is 1. The van der Waals surface area contributed by atoms with E-state index in [-0.39, 0.29) is 5.56 Å². The van der Waals surface area contributed by atoms with Gasteiger partial charge in [-0.25, -0.2) is 0 Å². The average molecular weight is 338 g/mol. The maximum atomic E-state index is 11.9. The third-order valence-corrected chi connectivity index (χ3v) is 4.67. The lowest BCUT2D eigenvalue weighted by molar-refractivity contribution is 0.318. The Hall–Kier alpha value is -2.40. The van der Waals surface area contributed by atoms with Gasteiger partial charge in [-0.1, -0.05) is 18.2 Å². The smallest absolute Gasteiger partial charge is 0.248 e. The van der Waals surface area contributed by atoms with Crippen LogP contribution in [0.4, 0.5) is 0 Å². The van der Waals surface area contributed by atoms with Crippen molar-refractivity contribution >= 4 is 10.9 Å². The van der Waals surface area contributed by atoms with Crippen LogP contribution in [0.3, 0.4) is 0 Å². The van der Waals surface area contributed by atoms with E-state index in [0.717, 1.165) is 35.2 Å². The van der Waals surface area contributed by atoms with Gasteiger partial charge in [-0.15, -0.1) is 0 Å². The molecule has 2 aromatic heterocycles. The standard InChI is InChI=1S/C20H26N4O/c1-13(2)24-15(4)18(14(3)22-24)12-23(5)11-16-10-20(25)21-19-9-7-6-8-17(16)19/h6-10,13H,11-12H2,1-5H3,(H,21,25). The van der Waals surface area contributed by atoms with Crippen LogP contribution in [-0.2, 0) is 13.1 Å². The Morgan fingerprint density at radius 2 is 1.92 bits per heavy atom. The third-order valence-electron chi connectivity index (χ3n) is 4.67. The van der Waals surface area contributed by atoms with Gasteiger partial charge in [0.2, 0.25) is 5.56 Å².